The van der Waals surface area contributed by atoms with Crippen molar-refractivity contribution in [2.75, 3.05) is 6.61 Å². The molecule has 0 bridgehead atoms. The fourth-order valence-electron chi connectivity index (χ4n) is 4.19. The van der Waals surface area contributed by atoms with Gasteiger partial charge in [-0.1, -0.05) is 75.2 Å². The summed E-state index contributed by atoms with van der Waals surface area (Å²) >= 11 is 0. The summed E-state index contributed by atoms with van der Waals surface area (Å²) in [5.74, 6) is -1.32. The molecule has 28 heavy (non-hydrogen) atoms. The van der Waals surface area contributed by atoms with E-state index in [1.165, 1.54) is 0 Å². The first-order chi connectivity index (χ1) is 13.5. The summed E-state index contributed by atoms with van der Waals surface area (Å²) < 4.78 is 5.50. The molecule has 2 aromatic rings. The first-order valence-electron chi connectivity index (χ1n) is 9.87. The molecular weight excluding hydrogens is 354 g/mol. The number of carbonyl (C=O) groups excluding carboxylic acids is 2. The van der Waals surface area contributed by atoms with Gasteiger partial charge in [-0.25, -0.2) is 4.79 Å². The average Bonchev–Trinajstić information content (AvgIpc) is 3.00. The van der Waals surface area contributed by atoms with Crippen LogP contribution in [-0.2, 0) is 9.53 Å². The maximum atomic E-state index is 12.5. The van der Waals surface area contributed by atoms with E-state index in [1.54, 1.807) is 0 Å². The number of carboxylic acids is 1. The number of hydrogen-bond acceptors (Lipinski definition) is 4. The van der Waals surface area contributed by atoms with Gasteiger partial charge in [0.25, 0.3) is 0 Å². The molecule has 0 fully saturated rings. The number of nitrogens with one attached hydrogen (secondary N) is 1. The minimum atomic E-state index is -1.38. The van der Waals surface area contributed by atoms with Gasteiger partial charge in [0.05, 0.1) is 11.5 Å². The van der Waals surface area contributed by atoms with E-state index >= 15 is 0 Å². The van der Waals surface area contributed by atoms with Crippen LogP contribution in [-0.4, -0.2) is 24.2 Å². The van der Waals surface area contributed by atoms with E-state index in [2.05, 4.69) is 17.4 Å². The molecule has 5 nitrogen and oxygen atoms in total. The second-order valence-corrected chi connectivity index (χ2v) is 7.32. The van der Waals surface area contributed by atoms with Gasteiger partial charge in [0.1, 0.15) is 6.61 Å². The highest BCUT2D eigenvalue weighted by atomic mass is 16.5. The number of hydrogen-bond donors (Lipinski definition) is 1. The van der Waals surface area contributed by atoms with E-state index in [0.29, 0.717) is 25.7 Å². The third-order valence-corrected chi connectivity index (χ3v) is 5.43. The van der Waals surface area contributed by atoms with E-state index < -0.39 is 17.6 Å². The Labute approximate surface area is 165 Å². The molecule has 0 aliphatic heterocycles. The number of carbonyl (C=O) groups is 2. The summed E-state index contributed by atoms with van der Waals surface area (Å²) in [4.78, 5) is 24.2. The molecule has 0 spiro atoms. The third-order valence-electron chi connectivity index (χ3n) is 5.43. The van der Waals surface area contributed by atoms with E-state index in [0.717, 1.165) is 22.3 Å². The lowest BCUT2D eigenvalue weighted by atomic mass is 9.89. The molecule has 1 aliphatic carbocycles. The lowest BCUT2D eigenvalue weighted by Gasteiger charge is -2.35. The number of alkyl carbamates (subject to hydrolysis) is 1. The zero-order chi connectivity index (χ0) is 20.1. The molecule has 0 unspecified atom stereocenters. The molecule has 0 heterocycles. The Hall–Kier alpha value is -2.82. The smallest absolute Gasteiger partial charge is 0.407 e. The molecule has 0 saturated heterocycles. The third kappa shape index (κ3) is 3.75. The molecular formula is C23H26NO4-. The highest BCUT2D eigenvalue weighted by molar-refractivity contribution is 5.83. The van der Waals surface area contributed by atoms with Gasteiger partial charge in [0, 0.05) is 5.92 Å². The van der Waals surface area contributed by atoms with Crippen molar-refractivity contribution in [2.45, 2.75) is 51.0 Å². The van der Waals surface area contributed by atoms with Crippen LogP contribution in [0, 0.1) is 0 Å². The Morgan fingerprint density at radius 3 is 1.93 bits per heavy atom. The van der Waals surface area contributed by atoms with E-state index in [1.807, 2.05) is 50.2 Å². The first-order valence-corrected chi connectivity index (χ1v) is 9.87. The molecule has 2 aromatic carbocycles. The summed E-state index contributed by atoms with van der Waals surface area (Å²) in [6.07, 6.45) is 1.16. The lowest BCUT2D eigenvalue weighted by molar-refractivity contribution is -0.314. The molecule has 0 saturated carbocycles. The number of fused-ring (bicyclic) bond motifs is 3. The van der Waals surface area contributed by atoms with Gasteiger partial charge in [0.15, 0.2) is 0 Å². The Bertz CT molecular complexity index is 810. The number of amides is 1. The lowest BCUT2D eigenvalue weighted by Crippen LogP contribution is -2.60. The monoisotopic (exact) mass is 380 g/mol. The Morgan fingerprint density at radius 1 is 0.964 bits per heavy atom. The molecule has 1 amide bonds. The summed E-state index contributed by atoms with van der Waals surface area (Å²) in [5, 5.41) is 14.3. The van der Waals surface area contributed by atoms with Gasteiger partial charge in [-0.2, -0.15) is 0 Å². The predicted molar refractivity (Wildman–Crippen MR) is 106 cm³/mol. The normalized spacial score (nSPS) is 12.9. The van der Waals surface area contributed by atoms with Crippen molar-refractivity contribution in [3.63, 3.8) is 0 Å². The van der Waals surface area contributed by atoms with Crippen LogP contribution < -0.4 is 10.4 Å². The van der Waals surface area contributed by atoms with Gasteiger partial charge in [-0.15, -0.1) is 0 Å². The largest absolute Gasteiger partial charge is 0.548 e. The summed E-state index contributed by atoms with van der Waals surface area (Å²) in [6, 6.07) is 16.2. The number of aliphatic carboxylic acids is 1. The van der Waals surface area contributed by atoms with Crippen LogP contribution in [0.2, 0.25) is 0 Å². The average molecular weight is 380 g/mol. The molecule has 1 N–H and O–H groups in total. The van der Waals surface area contributed by atoms with Crippen molar-refractivity contribution in [3.05, 3.63) is 59.7 Å². The number of rotatable bonds is 8. The minimum absolute atomic E-state index is 0.0622. The van der Waals surface area contributed by atoms with Crippen molar-refractivity contribution < 1.29 is 19.4 Å². The predicted octanol–water partition coefficient (Wildman–Crippen LogP) is 3.61. The maximum absolute atomic E-state index is 12.5. The highest BCUT2D eigenvalue weighted by Gasteiger charge is 2.34. The fraction of sp³-hybridized carbons (Fsp3) is 0.391. The van der Waals surface area contributed by atoms with Crippen LogP contribution in [0.1, 0.15) is 56.6 Å². The molecule has 0 aromatic heterocycles. The van der Waals surface area contributed by atoms with Crippen molar-refractivity contribution in [2.24, 2.45) is 0 Å². The molecule has 0 radical (unpaired) electrons. The number of carboxylic acid groups (broad SMARTS) is 1. The van der Waals surface area contributed by atoms with Gasteiger partial charge in [-0.3, -0.25) is 0 Å². The topological polar surface area (TPSA) is 78.5 Å². The standard InChI is InChI=1S/C23H27NO4/c1-3-13-23(14-4-2,21(25)26)24-22(27)28-15-20-18-11-7-5-9-16(18)17-10-6-8-12-19(17)20/h5-12,20H,3-4,13-15H2,1-2H3,(H,24,27)(H,25,26)/p-1. The quantitative estimate of drug-likeness (QED) is 0.759. The van der Waals surface area contributed by atoms with Crippen LogP contribution in [0.4, 0.5) is 4.79 Å². The molecule has 5 heteroatoms. The van der Waals surface area contributed by atoms with Gasteiger partial charge in [0.2, 0.25) is 0 Å². The molecule has 0 atom stereocenters. The number of ether oxygens (including phenoxy) is 1. The second-order valence-electron chi connectivity index (χ2n) is 7.32. The highest BCUT2D eigenvalue weighted by Crippen LogP contribution is 2.44. The van der Waals surface area contributed by atoms with E-state index in [-0.39, 0.29) is 12.5 Å². The summed E-state index contributed by atoms with van der Waals surface area (Å²) in [7, 11) is 0. The zero-order valence-corrected chi connectivity index (χ0v) is 16.4. The summed E-state index contributed by atoms with van der Waals surface area (Å²) in [5.41, 5.74) is 3.14. The molecule has 3 rings (SSSR count). The van der Waals surface area contributed by atoms with Crippen molar-refractivity contribution >= 4 is 12.1 Å². The van der Waals surface area contributed by atoms with E-state index in [4.69, 9.17) is 4.74 Å². The van der Waals surface area contributed by atoms with Crippen LogP contribution in [0.25, 0.3) is 11.1 Å². The van der Waals surface area contributed by atoms with Crippen molar-refractivity contribution in [1.29, 1.82) is 0 Å². The second kappa shape index (κ2) is 8.46. The molecule has 1 aliphatic rings. The van der Waals surface area contributed by atoms with Crippen LogP contribution in [0.15, 0.2) is 48.5 Å². The first kappa shape index (κ1) is 19.9. The van der Waals surface area contributed by atoms with Crippen molar-refractivity contribution in [1.82, 2.24) is 5.32 Å². The maximum Gasteiger partial charge on any atom is 0.407 e. The van der Waals surface area contributed by atoms with Crippen LogP contribution >= 0.6 is 0 Å². The zero-order valence-electron chi connectivity index (χ0n) is 16.4. The van der Waals surface area contributed by atoms with E-state index in [9.17, 15) is 14.7 Å². The van der Waals surface area contributed by atoms with Crippen LogP contribution in [0.3, 0.4) is 0 Å². The molecule has 148 valence electrons. The Kier molecular flexibility index (Phi) is 6.02. The number of benzene rings is 2. The minimum Gasteiger partial charge on any atom is -0.548 e. The summed E-state index contributed by atoms with van der Waals surface area (Å²) in [6.45, 7) is 3.92. The van der Waals surface area contributed by atoms with Gasteiger partial charge >= 0.3 is 6.09 Å². The Balaban J connectivity index is 1.75. The van der Waals surface area contributed by atoms with Crippen LogP contribution in [0.5, 0.6) is 0 Å². The van der Waals surface area contributed by atoms with Gasteiger partial charge < -0.3 is 20.0 Å². The Morgan fingerprint density at radius 2 is 1.46 bits per heavy atom. The van der Waals surface area contributed by atoms with Gasteiger partial charge in [-0.05, 0) is 35.1 Å². The fourth-order valence-corrected chi connectivity index (χ4v) is 4.19. The SMILES string of the molecule is CCCC(CCC)(NC(=O)OCC1c2ccccc2-c2ccccc21)C(=O)[O-]. The van der Waals surface area contributed by atoms with Crippen molar-refractivity contribution in [3.8, 4) is 11.1 Å².